The molecule has 116 valence electrons. The van der Waals surface area contributed by atoms with Gasteiger partial charge in [0.25, 0.3) is 5.56 Å². The molecule has 0 spiro atoms. The summed E-state index contributed by atoms with van der Waals surface area (Å²) in [6.07, 6.45) is 1.86. The van der Waals surface area contributed by atoms with E-state index in [1.165, 1.54) is 4.68 Å². The molecule has 4 nitrogen and oxygen atoms in total. The topological polar surface area (TPSA) is 41.0 Å². The summed E-state index contributed by atoms with van der Waals surface area (Å²) in [5.41, 5.74) is 2.78. The summed E-state index contributed by atoms with van der Waals surface area (Å²) in [5, 5.41) is 4.22. The van der Waals surface area contributed by atoms with Gasteiger partial charge in [0, 0.05) is 19.8 Å². The van der Waals surface area contributed by atoms with Gasteiger partial charge in [-0.2, -0.15) is 0 Å². The van der Waals surface area contributed by atoms with Gasteiger partial charge >= 0.3 is 0 Å². The van der Waals surface area contributed by atoms with Crippen LogP contribution in [0, 0.1) is 0 Å². The molecule has 0 unspecified atom stereocenters. The van der Waals surface area contributed by atoms with Crippen LogP contribution in [0.3, 0.4) is 0 Å². The van der Waals surface area contributed by atoms with Crippen molar-refractivity contribution in [2.45, 2.75) is 0 Å². The molecular formula is C19H19N3O. The van der Waals surface area contributed by atoms with E-state index in [1.807, 2.05) is 79.7 Å². The van der Waals surface area contributed by atoms with Crippen molar-refractivity contribution >= 4 is 18.3 Å². The summed E-state index contributed by atoms with van der Waals surface area (Å²) in [6.45, 7) is 3.95. The molecule has 0 aliphatic carbocycles. The molecule has 1 heterocycles. The molecule has 0 saturated heterocycles. The Labute approximate surface area is 134 Å². The van der Waals surface area contributed by atoms with Crippen LogP contribution in [-0.2, 0) is 0 Å². The summed E-state index contributed by atoms with van der Waals surface area (Å²) in [5.74, 6) is 0. The van der Waals surface area contributed by atoms with Gasteiger partial charge in [-0.05, 0) is 35.9 Å². The molecule has 0 radical (unpaired) electrons. The first-order chi connectivity index (χ1) is 11.1. The maximum Gasteiger partial charge on any atom is 0.279 e. The lowest BCUT2D eigenvalue weighted by Gasteiger charge is -2.11. The van der Waals surface area contributed by atoms with E-state index in [2.05, 4.69) is 11.7 Å². The average Bonchev–Trinajstić information content (AvgIpc) is 2.84. The smallest absolute Gasteiger partial charge is 0.279 e. The number of nitrogens with zero attached hydrogens (tertiary/aromatic N) is 2. The Hall–Kier alpha value is -3.01. The highest BCUT2D eigenvalue weighted by Crippen LogP contribution is 2.12. The minimum Gasteiger partial charge on any atom is -0.378 e. The molecule has 2 aromatic carbocycles. The van der Waals surface area contributed by atoms with Crippen molar-refractivity contribution in [1.82, 2.24) is 9.78 Å². The van der Waals surface area contributed by atoms with Gasteiger partial charge in [0.1, 0.15) is 0 Å². The molecule has 0 saturated carbocycles. The van der Waals surface area contributed by atoms with E-state index in [4.69, 9.17) is 0 Å². The van der Waals surface area contributed by atoms with Crippen LogP contribution >= 0.6 is 0 Å². The molecular weight excluding hydrogens is 286 g/mol. The number of benzene rings is 2. The highest BCUT2D eigenvalue weighted by molar-refractivity contribution is 5.55. The second-order valence-electron chi connectivity index (χ2n) is 5.61. The first kappa shape index (κ1) is 14.9. The third kappa shape index (κ3) is 2.97. The summed E-state index contributed by atoms with van der Waals surface area (Å²) in [7, 11) is 3.99. The van der Waals surface area contributed by atoms with E-state index in [9.17, 15) is 4.79 Å². The zero-order chi connectivity index (χ0) is 16.4. The van der Waals surface area contributed by atoms with E-state index in [0.29, 0.717) is 10.6 Å². The molecule has 3 aromatic rings. The maximum absolute atomic E-state index is 12.6. The summed E-state index contributed by atoms with van der Waals surface area (Å²) >= 11 is 0. The van der Waals surface area contributed by atoms with Gasteiger partial charge in [-0.25, -0.2) is 4.68 Å². The first-order valence-electron chi connectivity index (χ1n) is 7.41. The largest absolute Gasteiger partial charge is 0.378 e. The standard InChI is InChI=1S/C19H19N3O/c1-14-18(13-15-9-11-16(12-10-15)21(2)3)19(23)22(20-14)17-7-5-4-6-8-17/h4-13,20H,1H2,2-3H3. The fourth-order valence-corrected chi connectivity index (χ4v) is 2.44. The van der Waals surface area contributed by atoms with E-state index in [-0.39, 0.29) is 5.56 Å². The Balaban J connectivity index is 2.09. The quantitative estimate of drug-likeness (QED) is 0.796. The van der Waals surface area contributed by atoms with Gasteiger partial charge in [0.2, 0.25) is 0 Å². The van der Waals surface area contributed by atoms with Crippen LogP contribution in [-0.4, -0.2) is 23.9 Å². The Bertz CT molecular complexity index is 964. The van der Waals surface area contributed by atoms with Crippen LogP contribution in [0.4, 0.5) is 5.69 Å². The van der Waals surface area contributed by atoms with Crippen LogP contribution in [0.15, 0.2) is 59.4 Å². The monoisotopic (exact) mass is 305 g/mol. The number of aromatic nitrogens is 2. The van der Waals surface area contributed by atoms with Crippen molar-refractivity contribution in [1.29, 1.82) is 0 Å². The molecule has 0 aliphatic heterocycles. The van der Waals surface area contributed by atoms with Gasteiger partial charge in [-0.1, -0.05) is 36.9 Å². The van der Waals surface area contributed by atoms with Crippen molar-refractivity contribution in [3.63, 3.8) is 0 Å². The molecule has 23 heavy (non-hydrogen) atoms. The van der Waals surface area contributed by atoms with Crippen molar-refractivity contribution in [3.05, 3.63) is 81.1 Å². The van der Waals surface area contributed by atoms with E-state index >= 15 is 0 Å². The van der Waals surface area contributed by atoms with Gasteiger partial charge in [-0.15, -0.1) is 0 Å². The van der Waals surface area contributed by atoms with Gasteiger partial charge < -0.3 is 4.90 Å². The number of nitrogens with one attached hydrogen (secondary N) is 1. The summed E-state index contributed by atoms with van der Waals surface area (Å²) in [4.78, 5) is 14.7. The molecule has 0 bridgehead atoms. The highest BCUT2D eigenvalue weighted by atomic mass is 16.1. The molecule has 0 fully saturated rings. The van der Waals surface area contributed by atoms with Crippen LogP contribution in [0.1, 0.15) is 5.56 Å². The predicted molar refractivity (Wildman–Crippen MR) is 95.5 cm³/mol. The number of anilines is 1. The third-order valence-corrected chi connectivity index (χ3v) is 3.74. The van der Waals surface area contributed by atoms with Gasteiger partial charge in [-0.3, -0.25) is 9.89 Å². The summed E-state index contributed by atoms with van der Waals surface area (Å²) < 4.78 is 1.52. The minimum absolute atomic E-state index is 0.0992. The lowest BCUT2D eigenvalue weighted by Crippen LogP contribution is -2.33. The minimum atomic E-state index is -0.0992. The van der Waals surface area contributed by atoms with Gasteiger partial charge in [0.15, 0.2) is 0 Å². The number of para-hydroxylation sites is 1. The molecule has 3 rings (SSSR count). The second-order valence-corrected chi connectivity index (χ2v) is 5.61. The van der Waals surface area contributed by atoms with E-state index < -0.39 is 0 Å². The zero-order valence-electron chi connectivity index (χ0n) is 13.3. The Morgan fingerprint density at radius 3 is 2.30 bits per heavy atom. The Morgan fingerprint density at radius 1 is 1.04 bits per heavy atom. The zero-order valence-corrected chi connectivity index (χ0v) is 13.3. The lowest BCUT2D eigenvalue weighted by atomic mass is 10.1. The molecule has 0 aliphatic rings. The average molecular weight is 305 g/mol. The van der Waals surface area contributed by atoms with Crippen LogP contribution < -0.4 is 21.0 Å². The molecule has 1 N–H and O–H groups in total. The Morgan fingerprint density at radius 2 is 1.70 bits per heavy atom. The van der Waals surface area contributed by atoms with Crippen LogP contribution in [0.25, 0.3) is 18.3 Å². The molecule has 4 heteroatoms. The van der Waals surface area contributed by atoms with E-state index in [1.54, 1.807) is 0 Å². The predicted octanol–water partition coefficient (Wildman–Crippen LogP) is 1.47. The van der Waals surface area contributed by atoms with Crippen LogP contribution in [0.2, 0.25) is 0 Å². The number of rotatable bonds is 3. The fourth-order valence-electron chi connectivity index (χ4n) is 2.44. The number of aromatic amines is 1. The van der Waals surface area contributed by atoms with E-state index in [0.717, 1.165) is 16.9 Å². The Kier molecular flexibility index (Phi) is 3.89. The SMILES string of the molecule is C=c1[nH]n(-c2ccccc2)c(=O)c1=Cc1ccc(N(C)C)cc1. The first-order valence-corrected chi connectivity index (χ1v) is 7.41. The van der Waals surface area contributed by atoms with Crippen LogP contribution in [0.5, 0.6) is 0 Å². The van der Waals surface area contributed by atoms with Crippen molar-refractivity contribution < 1.29 is 0 Å². The van der Waals surface area contributed by atoms with Crippen molar-refractivity contribution in [2.75, 3.05) is 19.0 Å². The number of hydrogen-bond acceptors (Lipinski definition) is 2. The van der Waals surface area contributed by atoms with Gasteiger partial charge in [0.05, 0.1) is 16.3 Å². The third-order valence-electron chi connectivity index (χ3n) is 3.74. The lowest BCUT2D eigenvalue weighted by molar-refractivity contribution is 0.838. The molecule has 1 aromatic heterocycles. The van der Waals surface area contributed by atoms with Crippen molar-refractivity contribution in [3.8, 4) is 5.69 Å². The second kappa shape index (κ2) is 6.01. The normalized spacial score (nSPS) is 11.7. The maximum atomic E-state index is 12.6. The molecule has 0 amide bonds. The number of hydrogen-bond donors (Lipinski definition) is 1. The fraction of sp³-hybridized carbons (Fsp3) is 0.105. The number of H-pyrrole nitrogens is 1. The summed E-state index contributed by atoms with van der Waals surface area (Å²) in [6, 6.07) is 17.5. The van der Waals surface area contributed by atoms with Crippen molar-refractivity contribution in [2.24, 2.45) is 0 Å². The highest BCUT2D eigenvalue weighted by Gasteiger charge is 2.04. The molecule has 0 atom stereocenters.